The van der Waals surface area contributed by atoms with E-state index in [4.69, 9.17) is 4.74 Å². The number of carbonyl (C=O) groups excluding carboxylic acids is 2. The Bertz CT molecular complexity index is 343. The standard InChI is InChI=1S/C14H25N3O3/c1-2-15-14(19)12-10-20-8-7-17(12)13(18)9-11-5-3-4-6-16-11/h11-12,16H,2-10H2,1H3,(H,15,19). The number of rotatable bonds is 4. The number of morpholine rings is 1. The third-order valence-electron chi connectivity index (χ3n) is 3.94. The topological polar surface area (TPSA) is 70.7 Å². The van der Waals surface area contributed by atoms with Gasteiger partial charge < -0.3 is 20.3 Å². The van der Waals surface area contributed by atoms with Gasteiger partial charge in [-0.1, -0.05) is 6.42 Å². The van der Waals surface area contributed by atoms with Gasteiger partial charge in [0.15, 0.2) is 0 Å². The molecule has 2 aliphatic rings. The van der Waals surface area contributed by atoms with E-state index in [0.717, 1.165) is 13.0 Å². The molecule has 0 spiro atoms. The van der Waals surface area contributed by atoms with Crippen LogP contribution in [0, 0.1) is 0 Å². The average Bonchev–Trinajstić information content (AvgIpc) is 2.48. The molecule has 2 N–H and O–H groups in total. The quantitative estimate of drug-likeness (QED) is 0.755. The fraction of sp³-hybridized carbons (Fsp3) is 0.857. The Hall–Kier alpha value is -1.14. The zero-order valence-electron chi connectivity index (χ0n) is 12.2. The number of amides is 2. The summed E-state index contributed by atoms with van der Waals surface area (Å²) < 4.78 is 5.35. The second-order valence-corrected chi connectivity index (χ2v) is 5.42. The van der Waals surface area contributed by atoms with Gasteiger partial charge in [-0.3, -0.25) is 9.59 Å². The van der Waals surface area contributed by atoms with Crippen LogP contribution in [-0.4, -0.2) is 61.6 Å². The predicted octanol–water partition coefficient (Wildman–Crippen LogP) is -0.118. The van der Waals surface area contributed by atoms with Crippen LogP contribution in [0.15, 0.2) is 0 Å². The summed E-state index contributed by atoms with van der Waals surface area (Å²) in [6.45, 7) is 4.75. The monoisotopic (exact) mass is 283 g/mol. The minimum Gasteiger partial charge on any atom is -0.377 e. The Morgan fingerprint density at radius 1 is 1.40 bits per heavy atom. The summed E-state index contributed by atoms with van der Waals surface area (Å²) in [6, 6.07) is -0.214. The molecule has 2 amide bonds. The number of ether oxygens (including phenoxy) is 1. The van der Waals surface area contributed by atoms with Crippen molar-refractivity contribution in [3.8, 4) is 0 Å². The molecule has 2 rings (SSSR count). The summed E-state index contributed by atoms with van der Waals surface area (Å²) >= 11 is 0. The maximum absolute atomic E-state index is 12.4. The van der Waals surface area contributed by atoms with Crippen molar-refractivity contribution in [2.75, 3.05) is 32.8 Å². The van der Waals surface area contributed by atoms with E-state index in [1.165, 1.54) is 12.8 Å². The molecule has 2 saturated heterocycles. The Morgan fingerprint density at radius 3 is 2.95 bits per heavy atom. The molecule has 6 heteroatoms. The molecule has 2 heterocycles. The molecule has 0 radical (unpaired) electrons. The van der Waals surface area contributed by atoms with Crippen LogP contribution < -0.4 is 10.6 Å². The van der Waals surface area contributed by atoms with E-state index in [0.29, 0.717) is 32.7 Å². The second kappa shape index (κ2) is 7.59. The van der Waals surface area contributed by atoms with Gasteiger partial charge in [0.2, 0.25) is 11.8 Å². The molecule has 20 heavy (non-hydrogen) atoms. The van der Waals surface area contributed by atoms with Gasteiger partial charge in [0, 0.05) is 25.6 Å². The molecule has 2 fully saturated rings. The summed E-state index contributed by atoms with van der Waals surface area (Å²) in [5.41, 5.74) is 0. The first-order valence-electron chi connectivity index (χ1n) is 7.60. The van der Waals surface area contributed by atoms with Crippen molar-refractivity contribution in [3.05, 3.63) is 0 Å². The van der Waals surface area contributed by atoms with Crippen molar-refractivity contribution in [2.45, 2.75) is 44.7 Å². The number of hydrogen-bond acceptors (Lipinski definition) is 4. The summed E-state index contributed by atoms with van der Waals surface area (Å²) in [5, 5.41) is 6.15. The zero-order valence-corrected chi connectivity index (χ0v) is 12.2. The lowest BCUT2D eigenvalue weighted by molar-refractivity contribution is -0.148. The van der Waals surface area contributed by atoms with Crippen molar-refractivity contribution in [1.82, 2.24) is 15.5 Å². The normalized spacial score (nSPS) is 27.1. The number of nitrogens with one attached hydrogen (secondary N) is 2. The van der Waals surface area contributed by atoms with Crippen LogP contribution >= 0.6 is 0 Å². The van der Waals surface area contributed by atoms with E-state index in [2.05, 4.69) is 10.6 Å². The Kier molecular flexibility index (Phi) is 5.79. The summed E-state index contributed by atoms with van der Waals surface area (Å²) in [6.07, 6.45) is 3.88. The summed E-state index contributed by atoms with van der Waals surface area (Å²) in [4.78, 5) is 26.1. The lowest BCUT2D eigenvalue weighted by Crippen LogP contribution is -2.56. The molecule has 2 atom stereocenters. The fourth-order valence-electron chi connectivity index (χ4n) is 2.84. The molecular weight excluding hydrogens is 258 g/mol. The molecular formula is C14H25N3O3. The first kappa shape index (κ1) is 15.3. The summed E-state index contributed by atoms with van der Waals surface area (Å²) in [5.74, 6) is -0.0545. The van der Waals surface area contributed by atoms with E-state index < -0.39 is 6.04 Å². The smallest absolute Gasteiger partial charge is 0.245 e. The molecule has 6 nitrogen and oxygen atoms in total. The highest BCUT2D eigenvalue weighted by Crippen LogP contribution is 2.15. The van der Waals surface area contributed by atoms with Gasteiger partial charge >= 0.3 is 0 Å². The van der Waals surface area contributed by atoms with Gasteiger partial charge in [-0.2, -0.15) is 0 Å². The number of carbonyl (C=O) groups is 2. The van der Waals surface area contributed by atoms with E-state index in [1.54, 1.807) is 4.90 Å². The zero-order chi connectivity index (χ0) is 14.4. The minimum atomic E-state index is -0.472. The van der Waals surface area contributed by atoms with Crippen molar-refractivity contribution >= 4 is 11.8 Å². The van der Waals surface area contributed by atoms with Crippen LogP contribution in [0.25, 0.3) is 0 Å². The highest BCUT2D eigenvalue weighted by Gasteiger charge is 2.33. The second-order valence-electron chi connectivity index (χ2n) is 5.42. The van der Waals surface area contributed by atoms with E-state index in [1.807, 2.05) is 6.92 Å². The lowest BCUT2D eigenvalue weighted by atomic mass is 10.0. The summed E-state index contributed by atoms with van der Waals surface area (Å²) in [7, 11) is 0. The molecule has 0 aromatic heterocycles. The SMILES string of the molecule is CCNC(=O)C1COCCN1C(=O)CC1CCCCN1. The molecule has 0 bridgehead atoms. The first-order chi connectivity index (χ1) is 9.72. The predicted molar refractivity (Wildman–Crippen MR) is 75.3 cm³/mol. The molecule has 114 valence electrons. The number of nitrogens with zero attached hydrogens (tertiary/aromatic N) is 1. The van der Waals surface area contributed by atoms with Gasteiger partial charge in [0.05, 0.1) is 13.2 Å². The maximum Gasteiger partial charge on any atom is 0.245 e. The minimum absolute atomic E-state index is 0.0592. The van der Waals surface area contributed by atoms with Crippen LogP contribution in [0.2, 0.25) is 0 Å². The van der Waals surface area contributed by atoms with Crippen molar-refractivity contribution in [2.24, 2.45) is 0 Å². The van der Waals surface area contributed by atoms with Crippen molar-refractivity contribution in [3.63, 3.8) is 0 Å². The van der Waals surface area contributed by atoms with Crippen molar-refractivity contribution in [1.29, 1.82) is 0 Å². The molecule has 2 aliphatic heterocycles. The first-order valence-corrected chi connectivity index (χ1v) is 7.60. The molecule has 0 aromatic rings. The van der Waals surface area contributed by atoms with Crippen LogP contribution in [0.5, 0.6) is 0 Å². The average molecular weight is 283 g/mol. The third-order valence-corrected chi connectivity index (χ3v) is 3.94. The van der Waals surface area contributed by atoms with E-state index >= 15 is 0 Å². The van der Waals surface area contributed by atoms with Gasteiger partial charge in [-0.05, 0) is 26.3 Å². The van der Waals surface area contributed by atoms with Gasteiger partial charge in [-0.15, -0.1) is 0 Å². The highest BCUT2D eigenvalue weighted by molar-refractivity contribution is 5.88. The number of likely N-dealkylation sites (N-methyl/N-ethyl adjacent to an activating group) is 1. The van der Waals surface area contributed by atoms with Gasteiger partial charge in [-0.25, -0.2) is 0 Å². The molecule has 0 saturated carbocycles. The van der Waals surface area contributed by atoms with E-state index in [9.17, 15) is 9.59 Å². The van der Waals surface area contributed by atoms with Crippen LogP contribution in [0.4, 0.5) is 0 Å². The van der Waals surface area contributed by atoms with Crippen LogP contribution in [0.1, 0.15) is 32.6 Å². The molecule has 0 aromatic carbocycles. The lowest BCUT2D eigenvalue weighted by Gasteiger charge is -2.36. The Labute approximate surface area is 120 Å². The largest absolute Gasteiger partial charge is 0.377 e. The van der Waals surface area contributed by atoms with Gasteiger partial charge in [0.1, 0.15) is 6.04 Å². The maximum atomic E-state index is 12.4. The number of piperidine rings is 1. The van der Waals surface area contributed by atoms with Gasteiger partial charge in [0.25, 0.3) is 0 Å². The fourth-order valence-corrected chi connectivity index (χ4v) is 2.84. The Balaban J connectivity index is 1.92. The highest BCUT2D eigenvalue weighted by atomic mass is 16.5. The van der Waals surface area contributed by atoms with E-state index in [-0.39, 0.29) is 17.9 Å². The van der Waals surface area contributed by atoms with Crippen molar-refractivity contribution < 1.29 is 14.3 Å². The number of hydrogen-bond donors (Lipinski definition) is 2. The molecule has 2 unspecified atom stereocenters. The Morgan fingerprint density at radius 2 is 2.25 bits per heavy atom. The van der Waals surface area contributed by atoms with Crippen LogP contribution in [-0.2, 0) is 14.3 Å². The molecule has 0 aliphatic carbocycles. The van der Waals surface area contributed by atoms with Crippen LogP contribution in [0.3, 0.4) is 0 Å². The third kappa shape index (κ3) is 3.93.